The van der Waals surface area contributed by atoms with Gasteiger partial charge in [-0.2, -0.15) is 0 Å². The molecule has 56 heavy (non-hydrogen) atoms. The van der Waals surface area contributed by atoms with Crippen LogP contribution in [0, 0.1) is 0 Å². The smallest absolute Gasteiger partial charge is 0.328 e. The quantitative estimate of drug-likeness (QED) is 0.0516. The molecule has 20 nitrogen and oxygen atoms in total. The lowest BCUT2D eigenvalue weighted by atomic mass is 10.0. The van der Waals surface area contributed by atoms with Crippen molar-refractivity contribution in [1.29, 1.82) is 0 Å². The fourth-order valence-electron chi connectivity index (χ4n) is 5.21. The van der Waals surface area contributed by atoms with Gasteiger partial charge in [0.2, 0.25) is 35.4 Å². The highest BCUT2D eigenvalue weighted by Gasteiger charge is 2.34. The topological polar surface area (TPSA) is 347 Å². The van der Waals surface area contributed by atoms with E-state index in [4.69, 9.17) is 16.6 Å². The molecular formula is C36H47N7O13. The molecule has 2 rings (SSSR count). The number of carboxylic acid groups (broad SMARTS) is 3. The van der Waals surface area contributed by atoms with E-state index in [0.29, 0.717) is 11.1 Å². The van der Waals surface area contributed by atoms with Gasteiger partial charge in [0.1, 0.15) is 24.2 Å². The Kier molecular flexibility index (Phi) is 18.6. The Morgan fingerprint density at radius 1 is 0.571 bits per heavy atom. The second kappa shape index (κ2) is 22.7. The zero-order valence-corrected chi connectivity index (χ0v) is 30.4. The molecule has 0 aliphatic carbocycles. The number of primary amides is 1. The molecule has 0 bridgehead atoms. The fourth-order valence-corrected chi connectivity index (χ4v) is 5.21. The van der Waals surface area contributed by atoms with E-state index in [1.165, 1.54) is 0 Å². The van der Waals surface area contributed by atoms with Crippen LogP contribution in [0.2, 0.25) is 0 Å². The monoisotopic (exact) mass is 785 g/mol. The molecule has 2 aromatic rings. The number of carboxylic acids is 3. The maximum absolute atomic E-state index is 13.9. The summed E-state index contributed by atoms with van der Waals surface area (Å²) in [6.45, 7) is 1.07. The first-order valence-corrected chi connectivity index (χ1v) is 17.4. The number of nitrogens with two attached hydrogens (primary N) is 2. The Labute approximate surface area is 320 Å². The molecule has 0 heterocycles. The molecule has 0 fully saturated rings. The normalized spacial score (nSPS) is 14.6. The maximum Gasteiger partial charge on any atom is 0.328 e. The predicted molar refractivity (Wildman–Crippen MR) is 195 cm³/mol. The summed E-state index contributed by atoms with van der Waals surface area (Å²) in [6.07, 6.45) is -4.62. The van der Waals surface area contributed by atoms with Crippen molar-refractivity contribution in [2.75, 3.05) is 0 Å². The van der Waals surface area contributed by atoms with E-state index in [2.05, 4.69) is 21.3 Å². The Balaban J connectivity index is 2.43. The van der Waals surface area contributed by atoms with Gasteiger partial charge in [0.25, 0.3) is 0 Å². The molecule has 2 aromatic carbocycles. The van der Waals surface area contributed by atoms with Gasteiger partial charge in [-0.1, -0.05) is 60.7 Å². The molecule has 20 heteroatoms. The van der Waals surface area contributed by atoms with Crippen LogP contribution in [0.3, 0.4) is 0 Å². The number of aliphatic hydroxyl groups is 1. The first kappa shape index (κ1) is 45.7. The van der Waals surface area contributed by atoms with Crippen LogP contribution in [0.15, 0.2) is 60.7 Å². The summed E-state index contributed by atoms with van der Waals surface area (Å²) < 4.78 is 0. The number of rotatable bonds is 24. The van der Waals surface area contributed by atoms with Crippen LogP contribution >= 0.6 is 0 Å². The first-order valence-electron chi connectivity index (χ1n) is 17.4. The largest absolute Gasteiger partial charge is 0.481 e. The summed E-state index contributed by atoms with van der Waals surface area (Å²) in [7, 11) is 0. The molecule has 0 aliphatic rings. The van der Waals surface area contributed by atoms with Crippen LogP contribution in [0.5, 0.6) is 0 Å². The van der Waals surface area contributed by atoms with Gasteiger partial charge >= 0.3 is 17.9 Å². The summed E-state index contributed by atoms with van der Waals surface area (Å²) in [5, 5.41) is 49.1. The van der Waals surface area contributed by atoms with Gasteiger partial charge < -0.3 is 58.5 Å². The van der Waals surface area contributed by atoms with Crippen molar-refractivity contribution in [2.45, 2.75) is 94.2 Å². The number of nitrogens with one attached hydrogen (secondary N) is 5. The van der Waals surface area contributed by atoms with Crippen molar-refractivity contribution >= 4 is 53.4 Å². The van der Waals surface area contributed by atoms with Gasteiger partial charge in [-0.05, 0) is 30.9 Å². The Bertz CT molecular complexity index is 1710. The van der Waals surface area contributed by atoms with E-state index in [-0.39, 0.29) is 19.3 Å². The molecule has 0 unspecified atom stereocenters. The molecular weight excluding hydrogens is 738 g/mol. The molecule has 0 saturated heterocycles. The van der Waals surface area contributed by atoms with Gasteiger partial charge in [-0.3, -0.25) is 38.4 Å². The highest BCUT2D eigenvalue weighted by atomic mass is 16.4. The lowest BCUT2D eigenvalue weighted by Crippen LogP contribution is -2.60. The SMILES string of the molecule is C[C@@H](O)[C@H](NC(=O)[C@H](CC(N)=O)NC(=O)[C@H](CCC(=O)O)NC(=O)[C@H](Cc1ccccc1)NC(=O)[C@H](Cc1ccccc1)NC(=O)[C@@H](N)CCC(=O)O)C(=O)O. The fraction of sp³-hybridized carbons (Fsp3) is 0.417. The zero-order chi connectivity index (χ0) is 41.9. The van der Waals surface area contributed by atoms with Crippen LogP contribution in [-0.4, -0.2) is 116 Å². The van der Waals surface area contributed by atoms with Crippen molar-refractivity contribution in [3.8, 4) is 0 Å². The van der Waals surface area contributed by atoms with Gasteiger partial charge in [0, 0.05) is 25.7 Å². The number of aliphatic carboxylic acids is 3. The lowest BCUT2D eigenvalue weighted by Gasteiger charge is -2.27. The molecule has 0 aliphatic heterocycles. The van der Waals surface area contributed by atoms with Crippen LogP contribution in [0.1, 0.15) is 50.2 Å². The summed E-state index contributed by atoms with van der Waals surface area (Å²) in [6, 6.07) is 7.22. The van der Waals surface area contributed by atoms with E-state index in [0.717, 1.165) is 6.92 Å². The molecule has 6 amide bonds. The average molecular weight is 786 g/mol. The second-order valence-electron chi connectivity index (χ2n) is 12.8. The van der Waals surface area contributed by atoms with Gasteiger partial charge in [-0.15, -0.1) is 0 Å². The number of hydrogen-bond donors (Lipinski definition) is 11. The number of aliphatic hydroxyl groups excluding tert-OH is 1. The minimum Gasteiger partial charge on any atom is -0.481 e. The number of amides is 6. The number of hydrogen-bond acceptors (Lipinski definition) is 11. The second-order valence-corrected chi connectivity index (χ2v) is 12.8. The molecule has 7 atom stereocenters. The summed E-state index contributed by atoms with van der Waals surface area (Å²) >= 11 is 0. The number of carbonyl (C=O) groups is 9. The summed E-state index contributed by atoms with van der Waals surface area (Å²) in [4.78, 5) is 113. The molecule has 304 valence electrons. The van der Waals surface area contributed by atoms with Crippen molar-refractivity contribution in [2.24, 2.45) is 11.5 Å². The van der Waals surface area contributed by atoms with E-state index >= 15 is 0 Å². The van der Waals surface area contributed by atoms with Crippen molar-refractivity contribution in [3.05, 3.63) is 71.8 Å². The highest BCUT2D eigenvalue weighted by Crippen LogP contribution is 2.10. The summed E-state index contributed by atoms with van der Waals surface area (Å²) in [5.41, 5.74) is 12.2. The molecule has 0 spiro atoms. The molecule has 0 radical (unpaired) electrons. The van der Waals surface area contributed by atoms with E-state index in [9.17, 15) is 58.5 Å². The Morgan fingerprint density at radius 2 is 0.964 bits per heavy atom. The van der Waals surface area contributed by atoms with Crippen molar-refractivity contribution < 1.29 is 63.6 Å². The van der Waals surface area contributed by atoms with E-state index < -0.39 is 121 Å². The van der Waals surface area contributed by atoms with Gasteiger partial charge in [0.15, 0.2) is 6.04 Å². The van der Waals surface area contributed by atoms with E-state index in [1.807, 2.05) is 5.32 Å². The number of benzene rings is 2. The van der Waals surface area contributed by atoms with Crippen LogP contribution in [-0.2, 0) is 56.0 Å². The molecule has 13 N–H and O–H groups in total. The molecule has 0 aromatic heterocycles. The third kappa shape index (κ3) is 16.3. The zero-order valence-electron chi connectivity index (χ0n) is 30.4. The van der Waals surface area contributed by atoms with Gasteiger partial charge in [-0.25, -0.2) is 4.79 Å². The van der Waals surface area contributed by atoms with E-state index in [1.54, 1.807) is 60.7 Å². The number of carbonyl (C=O) groups excluding carboxylic acids is 6. The van der Waals surface area contributed by atoms with Gasteiger partial charge in [0.05, 0.1) is 18.6 Å². The maximum atomic E-state index is 13.9. The Morgan fingerprint density at radius 3 is 1.39 bits per heavy atom. The average Bonchev–Trinajstić information content (AvgIpc) is 3.13. The minimum atomic E-state index is -1.85. The van der Waals surface area contributed by atoms with Crippen LogP contribution in [0.4, 0.5) is 0 Å². The lowest BCUT2D eigenvalue weighted by molar-refractivity contribution is -0.145. The highest BCUT2D eigenvalue weighted by molar-refractivity contribution is 5.97. The van der Waals surface area contributed by atoms with Crippen LogP contribution in [0.25, 0.3) is 0 Å². The van der Waals surface area contributed by atoms with Crippen molar-refractivity contribution in [3.63, 3.8) is 0 Å². The third-order valence-corrected chi connectivity index (χ3v) is 8.20. The summed E-state index contributed by atoms with van der Waals surface area (Å²) in [5.74, 6) is -10.4. The third-order valence-electron chi connectivity index (χ3n) is 8.20. The van der Waals surface area contributed by atoms with Crippen molar-refractivity contribution in [1.82, 2.24) is 26.6 Å². The minimum absolute atomic E-state index is 0.0888. The molecule has 0 saturated carbocycles. The standard InChI is InChI=1S/C36H47N7O13/c1-19(44)30(36(55)56)43-35(54)26(18-27(38)45)42-32(51)23(13-15-29(48)49)39-33(52)25(17-21-10-6-3-7-11-21)41-34(53)24(16-20-8-4-2-5-9-20)40-31(50)22(37)12-14-28(46)47/h2-11,19,22-26,30,44H,12-18,37H2,1H3,(H2,38,45)(H,39,52)(H,40,50)(H,41,53)(H,42,51)(H,43,54)(H,46,47)(H,48,49)(H,55,56)/t19-,22+,23+,24+,25+,26+,30+/m1/s1. The first-order chi connectivity index (χ1) is 26.4. The predicted octanol–water partition coefficient (Wildman–Crippen LogP) is -2.71. The van der Waals surface area contributed by atoms with Crippen LogP contribution < -0.4 is 38.1 Å². The Hall–Kier alpha value is -6.41.